The Hall–Kier alpha value is -3.02. The highest BCUT2D eigenvalue weighted by molar-refractivity contribution is 6.42. The fourth-order valence-electron chi connectivity index (χ4n) is 3.75. The van der Waals surface area contributed by atoms with Crippen molar-refractivity contribution in [1.29, 1.82) is 0 Å². The van der Waals surface area contributed by atoms with E-state index in [0.29, 0.717) is 27.5 Å². The van der Waals surface area contributed by atoms with E-state index in [1.807, 2.05) is 74.1 Å². The highest BCUT2D eigenvalue weighted by atomic mass is 35.5. The number of esters is 1. The Morgan fingerprint density at radius 2 is 1.69 bits per heavy atom. The van der Waals surface area contributed by atoms with Gasteiger partial charge in [-0.05, 0) is 35.9 Å². The summed E-state index contributed by atoms with van der Waals surface area (Å²) in [5.74, 6) is 0.201. The molecule has 2 aromatic rings. The zero-order valence-corrected chi connectivity index (χ0v) is 20.0. The molecule has 32 heavy (non-hydrogen) atoms. The molecule has 0 unspecified atom stereocenters. The van der Waals surface area contributed by atoms with E-state index in [0.717, 1.165) is 27.6 Å². The lowest BCUT2D eigenvalue weighted by Gasteiger charge is -2.19. The predicted molar refractivity (Wildman–Crippen MR) is 131 cm³/mol. The van der Waals surface area contributed by atoms with Crippen molar-refractivity contribution < 1.29 is 13.9 Å². The van der Waals surface area contributed by atoms with Crippen molar-refractivity contribution in [2.24, 2.45) is 0 Å². The van der Waals surface area contributed by atoms with Gasteiger partial charge in [0.05, 0.1) is 28.8 Å². The number of carbonyl (C=O) groups is 1. The van der Waals surface area contributed by atoms with E-state index in [4.69, 9.17) is 32.4 Å². The van der Waals surface area contributed by atoms with Gasteiger partial charge in [0.2, 0.25) is 5.36 Å². The second-order valence-electron chi connectivity index (χ2n) is 7.93. The Balaban J connectivity index is 2.20. The molecule has 0 radical (unpaired) electrons. The average Bonchev–Trinajstić information content (AvgIpc) is 2.77. The number of nitrogens with zero attached hydrogens (tertiary/aromatic N) is 2. The van der Waals surface area contributed by atoms with E-state index in [9.17, 15) is 4.79 Å². The van der Waals surface area contributed by atoms with Gasteiger partial charge in [-0.1, -0.05) is 23.2 Å². The molecule has 5 nitrogen and oxygen atoms in total. The van der Waals surface area contributed by atoms with E-state index >= 15 is 0 Å². The number of anilines is 1. The van der Waals surface area contributed by atoms with Crippen molar-refractivity contribution in [2.45, 2.75) is 0 Å². The standard InChI is InChI=1S/C25H23Cl2N2O3/c1-28(2)14-6-8-16-22(10-14)32-23-11-15(29(3)4)7-9-17(23)24(16)18-12-20(26)21(27)13-19(18)25(30)31-5/h6-13H,1-5H3/q+1. The van der Waals surface area contributed by atoms with Crippen molar-refractivity contribution in [1.82, 2.24) is 4.58 Å². The number of carbonyl (C=O) groups excluding carboxylic acids is 1. The first-order valence-electron chi connectivity index (χ1n) is 9.97. The third-order valence-corrected chi connectivity index (χ3v) is 6.18. The van der Waals surface area contributed by atoms with Crippen LogP contribution in [0.4, 0.5) is 5.69 Å². The number of benzene rings is 3. The van der Waals surface area contributed by atoms with Gasteiger partial charge < -0.3 is 14.1 Å². The van der Waals surface area contributed by atoms with Crippen LogP contribution >= 0.6 is 23.2 Å². The lowest BCUT2D eigenvalue weighted by molar-refractivity contribution is 0.0601. The van der Waals surface area contributed by atoms with E-state index in [-0.39, 0.29) is 5.02 Å². The quantitative estimate of drug-likeness (QED) is 0.229. The summed E-state index contributed by atoms with van der Waals surface area (Å²) in [7, 11) is 9.24. The zero-order valence-electron chi connectivity index (χ0n) is 18.5. The van der Waals surface area contributed by atoms with Crippen molar-refractivity contribution in [3.63, 3.8) is 0 Å². The molecule has 0 N–H and O–H groups in total. The molecule has 0 fully saturated rings. The van der Waals surface area contributed by atoms with Gasteiger partial charge >= 0.3 is 5.97 Å². The van der Waals surface area contributed by atoms with Crippen LogP contribution in [0.25, 0.3) is 33.4 Å². The Morgan fingerprint density at radius 3 is 2.34 bits per heavy atom. The van der Waals surface area contributed by atoms with Crippen LogP contribution in [0.1, 0.15) is 10.4 Å². The smallest absolute Gasteiger partial charge is 0.338 e. The Labute approximate surface area is 196 Å². The summed E-state index contributed by atoms with van der Waals surface area (Å²) in [4.78, 5) is 14.7. The fraction of sp³-hybridized carbons (Fsp3) is 0.200. The summed E-state index contributed by atoms with van der Waals surface area (Å²) in [6.45, 7) is 0. The Kier molecular flexibility index (Phi) is 5.89. The topological polar surface area (TPSA) is 45.7 Å². The molecule has 0 saturated carbocycles. The molecule has 1 heterocycles. The van der Waals surface area contributed by atoms with E-state index in [1.165, 1.54) is 7.11 Å². The van der Waals surface area contributed by atoms with Crippen LogP contribution in [0.15, 0.2) is 52.9 Å². The molecule has 4 rings (SSSR count). The molecule has 0 saturated heterocycles. The molecule has 0 amide bonds. The second kappa shape index (κ2) is 8.49. The SMILES string of the molecule is COC(=O)c1cc(Cl)c(Cl)cc1-c1c2ccc(=[N+](C)C)cc-2oc2cc(N(C)C)ccc12. The van der Waals surface area contributed by atoms with E-state index < -0.39 is 5.97 Å². The normalized spacial score (nSPS) is 11.1. The molecule has 0 bridgehead atoms. The monoisotopic (exact) mass is 469 g/mol. The maximum absolute atomic E-state index is 12.7. The van der Waals surface area contributed by atoms with Crippen LogP contribution in [0.5, 0.6) is 0 Å². The average molecular weight is 470 g/mol. The first kappa shape index (κ1) is 22.2. The molecule has 0 spiro atoms. The molecule has 7 heteroatoms. The van der Waals surface area contributed by atoms with Crippen molar-refractivity contribution in [3.05, 3.63) is 69.5 Å². The van der Waals surface area contributed by atoms with Gasteiger partial charge in [-0.2, -0.15) is 0 Å². The summed E-state index contributed by atoms with van der Waals surface area (Å²) in [6.07, 6.45) is 0. The van der Waals surface area contributed by atoms with Gasteiger partial charge in [-0.15, -0.1) is 0 Å². The minimum atomic E-state index is -0.490. The van der Waals surface area contributed by atoms with Gasteiger partial charge in [0, 0.05) is 48.4 Å². The second-order valence-corrected chi connectivity index (χ2v) is 8.74. The highest BCUT2D eigenvalue weighted by Crippen LogP contribution is 2.43. The summed E-state index contributed by atoms with van der Waals surface area (Å²) in [5, 5.41) is 2.49. The van der Waals surface area contributed by atoms with Gasteiger partial charge in [0.25, 0.3) is 0 Å². The Bertz CT molecular complexity index is 1400. The number of halogens is 2. The maximum Gasteiger partial charge on any atom is 0.338 e. The minimum Gasteiger partial charge on any atom is -0.465 e. The van der Waals surface area contributed by atoms with E-state index in [2.05, 4.69) is 0 Å². The minimum absolute atomic E-state index is 0.287. The van der Waals surface area contributed by atoms with Crippen molar-refractivity contribution in [3.8, 4) is 22.5 Å². The molecule has 1 aliphatic heterocycles. The van der Waals surface area contributed by atoms with Crippen LogP contribution in [-0.4, -0.2) is 41.3 Å². The number of hydrogen-bond acceptors (Lipinski definition) is 4. The molecule has 1 aliphatic carbocycles. The highest BCUT2D eigenvalue weighted by Gasteiger charge is 2.24. The van der Waals surface area contributed by atoms with Gasteiger partial charge in [-0.25, -0.2) is 9.37 Å². The fourth-order valence-corrected chi connectivity index (χ4v) is 4.07. The van der Waals surface area contributed by atoms with Crippen molar-refractivity contribution >= 4 is 45.8 Å². The first-order chi connectivity index (χ1) is 15.2. The third-order valence-electron chi connectivity index (χ3n) is 5.46. The summed E-state index contributed by atoms with van der Waals surface area (Å²) in [5.41, 5.74) is 4.34. The van der Waals surface area contributed by atoms with Crippen LogP contribution in [0, 0.1) is 0 Å². The number of methoxy groups -OCH3 is 1. The number of ether oxygens (including phenoxy) is 1. The molecule has 2 aromatic carbocycles. The molecule has 2 aliphatic rings. The predicted octanol–water partition coefficient (Wildman–Crippen LogP) is 5.40. The molecule has 0 atom stereocenters. The van der Waals surface area contributed by atoms with Crippen LogP contribution < -0.4 is 14.8 Å². The maximum atomic E-state index is 12.7. The summed E-state index contributed by atoms with van der Waals surface area (Å²) >= 11 is 12.7. The van der Waals surface area contributed by atoms with Crippen LogP contribution in [0.3, 0.4) is 0 Å². The van der Waals surface area contributed by atoms with Gasteiger partial charge in [0.1, 0.15) is 25.4 Å². The number of fused-ring (bicyclic) bond motifs is 2. The van der Waals surface area contributed by atoms with Crippen LogP contribution in [-0.2, 0) is 4.74 Å². The summed E-state index contributed by atoms with van der Waals surface area (Å²) in [6, 6.07) is 15.2. The molecular formula is C25H23Cl2N2O3+. The number of rotatable bonds is 3. The zero-order chi connectivity index (χ0) is 23.2. The summed E-state index contributed by atoms with van der Waals surface area (Å²) < 4.78 is 13.4. The molecule has 0 aromatic heterocycles. The van der Waals surface area contributed by atoms with E-state index in [1.54, 1.807) is 12.1 Å². The lowest BCUT2D eigenvalue weighted by atomic mass is 9.90. The van der Waals surface area contributed by atoms with Gasteiger partial charge in [0.15, 0.2) is 0 Å². The molecular weight excluding hydrogens is 447 g/mol. The first-order valence-corrected chi connectivity index (χ1v) is 10.7. The number of hydrogen-bond donors (Lipinski definition) is 0. The lowest BCUT2D eigenvalue weighted by Crippen LogP contribution is -2.21. The van der Waals surface area contributed by atoms with Crippen molar-refractivity contribution in [2.75, 3.05) is 40.2 Å². The van der Waals surface area contributed by atoms with Gasteiger partial charge in [-0.3, -0.25) is 0 Å². The molecule has 164 valence electrons. The Morgan fingerprint density at radius 1 is 0.969 bits per heavy atom. The van der Waals surface area contributed by atoms with Crippen LogP contribution in [0.2, 0.25) is 10.0 Å². The third kappa shape index (κ3) is 3.83. The largest absolute Gasteiger partial charge is 0.465 e.